The molecule has 3 nitrogen and oxygen atoms in total. The number of fused-ring (bicyclic) bond motifs is 2. The first-order chi connectivity index (χ1) is 9.66. The molecule has 0 aliphatic heterocycles. The fraction of sp³-hybridized carbons (Fsp3) is 0.941. The van der Waals surface area contributed by atoms with Crippen LogP contribution in [0.4, 0.5) is 0 Å². The lowest BCUT2D eigenvalue weighted by Crippen LogP contribution is -2.31. The van der Waals surface area contributed by atoms with E-state index < -0.39 is 0 Å². The summed E-state index contributed by atoms with van der Waals surface area (Å²) in [5, 5.41) is 0. The molecule has 3 aliphatic rings. The van der Waals surface area contributed by atoms with E-state index in [9.17, 15) is 4.79 Å². The van der Waals surface area contributed by atoms with E-state index in [0.29, 0.717) is 17.9 Å². The molecule has 0 saturated heterocycles. The molecule has 3 saturated carbocycles. The zero-order chi connectivity index (χ0) is 14.1. The van der Waals surface area contributed by atoms with Gasteiger partial charge < -0.3 is 9.47 Å². The molecule has 5 unspecified atom stereocenters. The number of carbonyl (C=O) groups excluding carboxylic acids is 1. The summed E-state index contributed by atoms with van der Waals surface area (Å²) in [6.45, 7) is 4.80. The standard InChI is InChI=1S/C17H28O3/c1-11-12(2)15-8-13(11)9-16(15)17(18)20-10-19-14-6-4-3-5-7-14/h11-16H,3-10H2,1-2H3. The van der Waals surface area contributed by atoms with E-state index in [0.717, 1.165) is 31.1 Å². The number of esters is 1. The Morgan fingerprint density at radius 1 is 1.05 bits per heavy atom. The van der Waals surface area contributed by atoms with Crippen molar-refractivity contribution in [2.45, 2.75) is 64.9 Å². The van der Waals surface area contributed by atoms with E-state index in [2.05, 4.69) is 13.8 Å². The Kier molecular flexibility index (Phi) is 4.34. The first-order valence-electron chi connectivity index (χ1n) is 8.45. The monoisotopic (exact) mass is 280 g/mol. The van der Waals surface area contributed by atoms with Crippen LogP contribution < -0.4 is 0 Å². The maximum absolute atomic E-state index is 12.2. The summed E-state index contributed by atoms with van der Waals surface area (Å²) in [6, 6.07) is 0. The van der Waals surface area contributed by atoms with Gasteiger partial charge in [-0.15, -0.1) is 0 Å². The highest BCUT2D eigenvalue weighted by molar-refractivity contribution is 5.73. The summed E-state index contributed by atoms with van der Waals surface area (Å²) in [4.78, 5) is 12.2. The Morgan fingerprint density at radius 3 is 2.45 bits per heavy atom. The lowest BCUT2D eigenvalue weighted by atomic mass is 9.76. The SMILES string of the molecule is CC1C2CC(C(=O)OCOC3CCCCC3)C(C2)C1C. The summed E-state index contributed by atoms with van der Waals surface area (Å²) in [5.74, 6) is 2.88. The minimum Gasteiger partial charge on any atom is -0.438 e. The smallest absolute Gasteiger partial charge is 0.311 e. The molecule has 2 bridgehead atoms. The molecule has 3 rings (SSSR count). The Balaban J connectivity index is 1.41. The van der Waals surface area contributed by atoms with Crippen molar-refractivity contribution in [2.75, 3.05) is 6.79 Å². The maximum atomic E-state index is 12.2. The van der Waals surface area contributed by atoms with Crippen LogP contribution in [0.5, 0.6) is 0 Å². The van der Waals surface area contributed by atoms with E-state index in [4.69, 9.17) is 9.47 Å². The zero-order valence-corrected chi connectivity index (χ0v) is 12.8. The van der Waals surface area contributed by atoms with Crippen molar-refractivity contribution in [3.63, 3.8) is 0 Å². The molecule has 114 valence electrons. The molecule has 0 aromatic heterocycles. The average Bonchev–Trinajstić information content (AvgIpc) is 3.01. The Morgan fingerprint density at radius 2 is 1.80 bits per heavy atom. The molecule has 5 atom stereocenters. The molecule has 3 fully saturated rings. The molecule has 20 heavy (non-hydrogen) atoms. The molecule has 0 spiro atoms. The van der Waals surface area contributed by atoms with Gasteiger partial charge in [0.05, 0.1) is 12.0 Å². The van der Waals surface area contributed by atoms with Gasteiger partial charge in [0, 0.05) is 0 Å². The normalized spacial score (nSPS) is 41.0. The van der Waals surface area contributed by atoms with Gasteiger partial charge in [0.2, 0.25) is 0 Å². The number of carbonyl (C=O) groups is 1. The molecule has 0 N–H and O–H groups in total. The lowest BCUT2D eigenvalue weighted by molar-refractivity contribution is -0.169. The van der Waals surface area contributed by atoms with E-state index in [1.165, 1.54) is 25.7 Å². The van der Waals surface area contributed by atoms with Crippen LogP contribution in [0.2, 0.25) is 0 Å². The third kappa shape index (κ3) is 2.74. The van der Waals surface area contributed by atoms with E-state index in [-0.39, 0.29) is 18.7 Å². The molecular weight excluding hydrogens is 252 g/mol. The number of hydrogen-bond acceptors (Lipinski definition) is 3. The summed E-state index contributed by atoms with van der Waals surface area (Å²) >= 11 is 0. The average molecular weight is 280 g/mol. The number of hydrogen-bond donors (Lipinski definition) is 0. The third-order valence-electron chi connectivity index (χ3n) is 6.26. The summed E-state index contributed by atoms with van der Waals surface area (Å²) in [7, 11) is 0. The molecule has 0 heterocycles. The van der Waals surface area contributed by atoms with E-state index in [1.807, 2.05) is 0 Å². The van der Waals surface area contributed by atoms with Gasteiger partial charge in [-0.25, -0.2) is 0 Å². The van der Waals surface area contributed by atoms with Crippen molar-refractivity contribution < 1.29 is 14.3 Å². The molecule has 3 aliphatic carbocycles. The molecule has 0 amide bonds. The first kappa shape index (κ1) is 14.4. The molecule has 0 radical (unpaired) electrons. The molecule has 3 heteroatoms. The minimum absolute atomic E-state index is 0.00735. The van der Waals surface area contributed by atoms with Crippen molar-refractivity contribution in [2.24, 2.45) is 29.6 Å². The predicted molar refractivity (Wildman–Crippen MR) is 76.9 cm³/mol. The van der Waals surface area contributed by atoms with Crippen LogP contribution in [0.3, 0.4) is 0 Å². The van der Waals surface area contributed by atoms with Gasteiger partial charge in [0.25, 0.3) is 0 Å². The second-order valence-corrected chi connectivity index (χ2v) is 7.23. The van der Waals surface area contributed by atoms with Crippen molar-refractivity contribution in [1.82, 2.24) is 0 Å². The maximum Gasteiger partial charge on any atom is 0.311 e. The minimum atomic E-state index is -0.00735. The van der Waals surface area contributed by atoms with Crippen LogP contribution in [-0.2, 0) is 14.3 Å². The second-order valence-electron chi connectivity index (χ2n) is 7.23. The van der Waals surface area contributed by atoms with Gasteiger partial charge >= 0.3 is 5.97 Å². The topological polar surface area (TPSA) is 35.5 Å². The van der Waals surface area contributed by atoms with Gasteiger partial charge in [0.15, 0.2) is 6.79 Å². The van der Waals surface area contributed by atoms with Gasteiger partial charge in [-0.3, -0.25) is 4.79 Å². The Bertz CT molecular complexity index is 346. The van der Waals surface area contributed by atoms with Crippen LogP contribution in [0, 0.1) is 29.6 Å². The fourth-order valence-corrected chi connectivity index (χ4v) is 4.74. The molecule has 0 aromatic rings. The molecular formula is C17H28O3. The van der Waals surface area contributed by atoms with Crippen molar-refractivity contribution in [3.8, 4) is 0 Å². The van der Waals surface area contributed by atoms with Crippen molar-refractivity contribution in [1.29, 1.82) is 0 Å². The van der Waals surface area contributed by atoms with Gasteiger partial charge in [0.1, 0.15) is 0 Å². The highest BCUT2D eigenvalue weighted by atomic mass is 16.7. The van der Waals surface area contributed by atoms with Gasteiger partial charge in [-0.2, -0.15) is 0 Å². The summed E-state index contributed by atoms with van der Waals surface area (Å²) in [5.41, 5.74) is 0. The van der Waals surface area contributed by atoms with Crippen LogP contribution in [-0.4, -0.2) is 18.9 Å². The lowest BCUT2D eigenvalue weighted by Gasteiger charge is -2.30. The third-order valence-corrected chi connectivity index (χ3v) is 6.26. The Labute approximate surface area is 122 Å². The summed E-state index contributed by atoms with van der Waals surface area (Å²) < 4.78 is 11.1. The zero-order valence-electron chi connectivity index (χ0n) is 12.8. The largest absolute Gasteiger partial charge is 0.438 e. The highest BCUT2D eigenvalue weighted by Crippen LogP contribution is 2.55. The van der Waals surface area contributed by atoms with Crippen molar-refractivity contribution >= 4 is 5.97 Å². The fourth-order valence-electron chi connectivity index (χ4n) is 4.74. The predicted octanol–water partition coefficient (Wildman–Crippen LogP) is 3.76. The number of rotatable bonds is 4. The van der Waals surface area contributed by atoms with Crippen LogP contribution >= 0.6 is 0 Å². The second kappa shape index (κ2) is 6.05. The Hall–Kier alpha value is -0.570. The first-order valence-corrected chi connectivity index (χ1v) is 8.45. The molecule has 0 aromatic carbocycles. The van der Waals surface area contributed by atoms with E-state index in [1.54, 1.807) is 0 Å². The van der Waals surface area contributed by atoms with Gasteiger partial charge in [-0.1, -0.05) is 33.1 Å². The van der Waals surface area contributed by atoms with Crippen LogP contribution in [0.15, 0.2) is 0 Å². The highest BCUT2D eigenvalue weighted by Gasteiger charge is 2.51. The van der Waals surface area contributed by atoms with Gasteiger partial charge in [-0.05, 0) is 49.4 Å². The summed E-state index contributed by atoms with van der Waals surface area (Å²) in [6.07, 6.45) is 8.65. The van der Waals surface area contributed by atoms with E-state index >= 15 is 0 Å². The quantitative estimate of drug-likeness (QED) is 0.581. The number of ether oxygens (including phenoxy) is 2. The van der Waals surface area contributed by atoms with Crippen molar-refractivity contribution in [3.05, 3.63) is 0 Å². The van der Waals surface area contributed by atoms with Crippen LogP contribution in [0.25, 0.3) is 0 Å². The van der Waals surface area contributed by atoms with Crippen LogP contribution in [0.1, 0.15) is 58.8 Å².